The monoisotopic (exact) mass is 372 g/mol. The summed E-state index contributed by atoms with van der Waals surface area (Å²) in [5.41, 5.74) is 10.0. The summed E-state index contributed by atoms with van der Waals surface area (Å²) in [6.07, 6.45) is 0. The molecule has 27 heavy (non-hydrogen) atoms. The molecule has 3 aromatic rings. The molecule has 0 bridgehead atoms. The van der Waals surface area contributed by atoms with Crippen LogP contribution < -0.4 is 11.1 Å². The molecule has 0 unspecified atom stereocenters. The van der Waals surface area contributed by atoms with Crippen LogP contribution in [0.3, 0.4) is 0 Å². The minimum atomic E-state index is -0.401. The number of amides is 2. The van der Waals surface area contributed by atoms with E-state index >= 15 is 0 Å². The van der Waals surface area contributed by atoms with Crippen molar-refractivity contribution in [3.8, 4) is 0 Å². The summed E-state index contributed by atoms with van der Waals surface area (Å²) in [5.74, 6) is 1.51. The molecule has 5 nitrogen and oxygen atoms in total. The third kappa shape index (κ3) is 3.02. The summed E-state index contributed by atoms with van der Waals surface area (Å²) < 4.78 is 1.38. The highest BCUT2D eigenvalue weighted by atomic mass is 27.1. The van der Waals surface area contributed by atoms with Crippen LogP contribution in [-0.2, 0) is 13.1 Å². The Balaban J connectivity index is 1.74. The number of benzene rings is 3. The standard InChI is InChI=1S/C20H17N3O2.CH3.Al/c21-10-12-3-1-4-13(9-12)11-22-17-8-7-16-18-14(17)5-2-6-15(18)19(24)23-20(16)25;;/h1-9H,10-11,21H2,(H2,22,23,24,25);1H3;/q;;+1/p-1. The van der Waals surface area contributed by atoms with Crippen molar-refractivity contribution in [2.45, 2.75) is 18.9 Å². The summed E-state index contributed by atoms with van der Waals surface area (Å²) in [4.78, 5) is 25.4. The van der Waals surface area contributed by atoms with Gasteiger partial charge in [0.2, 0.25) is 11.8 Å². The van der Waals surface area contributed by atoms with E-state index in [4.69, 9.17) is 5.73 Å². The fourth-order valence-corrected chi connectivity index (χ4v) is 4.31. The van der Waals surface area contributed by atoms with E-state index in [0.717, 1.165) is 27.6 Å². The Bertz CT molecular complexity index is 1040. The first kappa shape index (κ1) is 17.8. The zero-order valence-electron chi connectivity index (χ0n) is 15.0. The van der Waals surface area contributed by atoms with E-state index < -0.39 is 15.4 Å². The van der Waals surface area contributed by atoms with E-state index in [9.17, 15) is 9.59 Å². The second-order valence-electron chi connectivity index (χ2n) is 6.50. The summed E-state index contributed by atoms with van der Waals surface area (Å²) in [5, 5.41) is 5.08. The molecule has 1 aliphatic heterocycles. The lowest BCUT2D eigenvalue weighted by Crippen LogP contribution is -2.41. The molecule has 3 aromatic carbocycles. The van der Waals surface area contributed by atoms with Gasteiger partial charge in [-0.15, -0.1) is 0 Å². The van der Waals surface area contributed by atoms with Gasteiger partial charge in [0.1, 0.15) is 0 Å². The minimum absolute atomic E-state index is 0.191. The third-order valence-corrected chi connectivity index (χ3v) is 5.89. The number of carbonyl (C=O) groups excluding carboxylic acids is 2. The zero-order valence-corrected chi connectivity index (χ0v) is 16.2. The molecular weight excluding hydrogens is 353 g/mol. The lowest BCUT2D eigenvalue weighted by molar-refractivity contribution is 0.0723. The fourth-order valence-electron chi connectivity index (χ4n) is 3.57. The molecule has 0 fully saturated rings. The van der Waals surface area contributed by atoms with Crippen LogP contribution in [0.2, 0.25) is 5.79 Å². The second-order valence-corrected chi connectivity index (χ2v) is 7.54. The van der Waals surface area contributed by atoms with Crippen molar-refractivity contribution in [3.05, 3.63) is 76.9 Å². The van der Waals surface area contributed by atoms with Crippen molar-refractivity contribution in [1.82, 2.24) is 3.88 Å². The Morgan fingerprint density at radius 1 is 0.963 bits per heavy atom. The van der Waals surface area contributed by atoms with Gasteiger partial charge in [-0.05, 0) is 29.3 Å². The number of rotatable bonds is 5. The topological polar surface area (TPSA) is 75.4 Å². The highest BCUT2D eigenvalue weighted by Gasteiger charge is 2.31. The van der Waals surface area contributed by atoms with Gasteiger partial charge >= 0.3 is 15.4 Å². The summed E-state index contributed by atoms with van der Waals surface area (Å²) in [6, 6.07) is 17.5. The van der Waals surface area contributed by atoms with Crippen molar-refractivity contribution >= 4 is 43.7 Å². The first-order valence-corrected chi connectivity index (χ1v) is 10.6. The van der Waals surface area contributed by atoms with Crippen molar-refractivity contribution < 1.29 is 9.59 Å². The molecule has 1 radical (unpaired) electrons. The average molecular weight is 372 g/mol. The van der Waals surface area contributed by atoms with Crippen LogP contribution in [0.4, 0.5) is 5.69 Å². The largest absolute Gasteiger partial charge is 0.384 e. The quantitative estimate of drug-likeness (QED) is 0.533. The number of imide groups is 1. The maximum absolute atomic E-state index is 12.7. The Labute approximate surface area is 164 Å². The molecule has 133 valence electrons. The molecule has 3 N–H and O–H groups in total. The van der Waals surface area contributed by atoms with E-state index in [1.54, 1.807) is 6.07 Å². The number of nitrogens with one attached hydrogen (secondary N) is 1. The van der Waals surface area contributed by atoms with Gasteiger partial charge in [-0.3, -0.25) is 9.59 Å². The second kappa shape index (κ2) is 7.17. The molecule has 0 aliphatic carbocycles. The van der Waals surface area contributed by atoms with Gasteiger partial charge in [-0.25, -0.2) is 0 Å². The summed E-state index contributed by atoms with van der Waals surface area (Å²) in [6.45, 7) is 1.15. The normalized spacial score (nSPS) is 13.2. The fraction of sp³-hybridized carbons (Fsp3) is 0.143. The molecule has 2 amide bonds. The van der Waals surface area contributed by atoms with Crippen molar-refractivity contribution in [3.63, 3.8) is 0 Å². The summed E-state index contributed by atoms with van der Waals surface area (Å²) in [7, 11) is 0. The first-order valence-electron chi connectivity index (χ1n) is 8.89. The van der Waals surface area contributed by atoms with Crippen molar-refractivity contribution in [2.24, 2.45) is 5.73 Å². The molecule has 1 aliphatic rings. The van der Waals surface area contributed by atoms with E-state index in [-0.39, 0.29) is 11.8 Å². The minimum Gasteiger partial charge on any atom is -0.380 e. The van der Waals surface area contributed by atoms with Crippen LogP contribution in [-0.4, -0.2) is 31.1 Å². The van der Waals surface area contributed by atoms with Gasteiger partial charge in [-0.2, -0.15) is 0 Å². The number of anilines is 1. The van der Waals surface area contributed by atoms with Gasteiger partial charge in [0.25, 0.3) is 0 Å². The lowest BCUT2D eigenvalue weighted by Gasteiger charge is -2.27. The molecule has 0 spiro atoms. The first-order chi connectivity index (χ1) is 13.1. The summed E-state index contributed by atoms with van der Waals surface area (Å²) >= 11 is -0.401. The number of hydrogen-bond donors (Lipinski definition) is 2. The van der Waals surface area contributed by atoms with E-state index in [0.29, 0.717) is 24.2 Å². The molecule has 0 saturated heterocycles. The Morgan fingerprint density at radius 3 is 2.41 bits per heavy atom. The van der Waals surface area contributed by atoms with E-state index in [2.05, 4.69) is 11.4 Å². The van der Waals surface area contributed by atoms with E-state index in [1.165, 1.54) is 3.88 Å². The van der Waals surface area contributed by atoms with Gasteiger partial charge < -0.3 is 14.9 Å². The zero-order chi connectivity index (χ0) is 19.0. The molecule has 0 aromatic heterocycles. The van der Waals surface area contributed by atoms with Crippen LogP contribution in [0.15, 0.2) is 54.6 Å². The molecule has 0 atom stereocenters. The Morgan fingerprint density at radius 2 is 1.67 bits per heavy atom. The van der Waals surface area contributed by atoms with Crippen LogP contribution in [0, 0.1) is 0 Å². The SMILES string of the molecule is [CH3][Al][N]1C(=O)c2cccc3c(NCc4cccc(CN)c4)ccc(c23)C1=O. The van der Waals surface area contributed by atoms with Crippen molar-refractivity contribution in [2.75, 3.05) is 5.32 Å². The van der Waals surface area contributed by atoms with Gasteiger partial charge in [-0.1, -0.05) is 42.2 Å². The maximum atomic E-state index is 12.7. The third-order valence-electron chi connectivity index (χ3n) is 4.91. The number of nitrogens with two attached hydrogens (primary N) is 1. The Hall–Kier alpha value is -2.65. The van der Waals surface area contributed by atoms with Gasteiger partial charge in [0.15, 0.2) is 0 Å². The number of carbonyl (C=O) groups is 2. The van der Waals surface area contributed by atoms with Gasteiger partial charge in [0, 0.05) is 40.7 Å². The predicted molar refractivity (Wildman–Crippen MR) is 108 cm³/mol. The lowest BCUT2D eigenvalue weighted by atomic mass is 9.94. The van der Waals surface area contributed by atoms with Crippen LogP contribution in [0.5, 0.6) is 0 Å². The molecular formula is C21H19AlN3O2. The van der Waals surface area contributed by atoms with E-state index in [1.807, 2.05) is 48.3 Å². The number of nitrogens with zero attached hydrogens (tertiary/aromatic N) is 1. The molecule has 4 rings (SSSR count). The molecule has 6 heteroatoms. The average Bonchev–Trinajstić information content (AvgIpc) is 2.71. The van der Waals surface area contributed by atoms with Crippen LogP contribution in [0.25, 0.3) is 10.8 Å². The smallest absolute Gasteiger partial charge is 0.380 e. The number of hydrogen-bond acceptors (Lipinski definition) is 4. The van der Waals surface area contributed by atoms with Crippen LogP contribution >= 0.6 is 0 Å². The molecule has 0 saturated carbocycles. The Kier molecular flexibility index (Phi) is 4.71. The maximum Gasteiger partial charge on any atom is 0.384 e. The van der Waals surface area contributed by atoms with Gasteiger partial charge in [0.05, 0.1) is 0 Å². The van der Waals surface area contributed by atoms with Crippen molar-refractivity contribution in [1.29, 1.82) is 0 Å². The highest BCUT2D eigenvalue weighted by Crippen LogP contribution is 2.34. The predicted octanol–water partition coefficient (Wildman–Crippen LogP) is 3.17. The molecule has 1 heterocycles. The highest BCUT2D eigenvalue weighted by molar-refractivity contribution is 6.47. The van der Waals surface area contributed by atoms with Crippen LogP contribution in [0.1, 0.15) is 31.8 Å².